The van der Waals surface area contributed by atoms with Crippen molar-refractivity contribution in [3.63, 3.8) is 0 Å². The van der Waals surface area contributed by atoms with Crippen LogP contribution in [0.1, 0.15) is 0 Å². The zero-order valence-electron chi connectivity index (χ0n) is 5.50. The molecule has 0 bridgehead atoms. The molecule has 13 heavy (non-hydrogen) atoms. The van der Waals surface area contributed by atoms with Gasteiger partial charge in [0.1, 0.15) is 0 Å². The highest BCUT2D eigenvalue weighted by Crippen LogP contribution is 2.31. The van der Waals surface area contributed by atoms with E-state index < -0.39 is 29.1 Å². The minimum Gasteiger partial charge on any atom is -0.263 e. The fourth-order valence-electron chi connectivity index (χ4n) is 0.394. The van der Waals surface area contributed by atoms with Crippen molar-refractivity contribution in [2.24, 2.45) is 0 Å². The molecule has 0 heterocycles. The summed E-state index contributed by atoms with van der Waals surface area (Å²) in [6, 6.07) is 0. The van der Waals surface area contributed by atoms with Gasteiger partial charge in [-0.1, -0.05) is 8.96 Å². The topological polar surface area (TPSA) is 20.3 Å². The summed E-state index contributed by atoms with van der Waals surface area (Å²) < 4.78 is 79.5. The molecule has 0 rings (SSSR count). The Balaban J connectivity index is 5.11. The quantitative estimate of drug-likeness (QED) is 0.370. The zero-order valence-corrected chi connectivity index (χ0v) is 5.50. The van der Waals surface area contributed by atoms with Gasteiger partial charge in [-0.15, -0.1) is 0 Å². The maximum atomic E-state index is 11.5. The van der Waals surface area contributed by atoms with Gasteiger partial charge < -0.3 is 0 Å². The van der Waals surface area contributed by atoms with Gasteiger partial charge in [-0.05, 0) is 0 Å². The van der Waals surface area contributed by atoms with Crippen LogP contribution in [0.3, 0.4) is 0 Å². The Morgan fingerprint density at radius 2 is 1.46 bits per heavy atom. The van der Waals surface area contributed by atoms with Gasteiger partial charge in [-0.25, -0.2) is 0 Å². The lowest BCUT2D eigenvalue weighted by molar-refractivity contribution is -0.191. The van der Waals surface area contributed by atoms with Crippen LogP contribution in [-0.2, 0) is 4.79 Å². The highest BCUT2D eigenvalue weighted by Gasteiger charge is 2.45. The summed E-state index contributed by atoms with van der Waals surface area (Å²) in [5, 5.41) is -2.57. The van der Waals surface area contributed by atoms with Crippen LogP contribution in [0.25, 0.3) is 0 Å². The predicted octanol–water partition coefficient (Wildman–Crippen LogP) is 2.30. The van der Waals surface area contributed by atoms with Crippen molar-refractivity contribution in [1.82, 2.24) is 5.34 Å². The normalized spacial score (nSPS) is 11.0. The van der Waals surface area contributed by atoms with Gasteiger partial charge in [0, 0.05) is 5.34 Å². The summed E-state index contributed by atoms with van der Waals surface area (Å²) >= 11 is 0. The number of hydrogen-bond donors (Lipinski definition) is 0. The van der Waals surface area contributed by atoms with Crippen molar-refractivity contribution in [2.75, 3.05) is 0 Å². The van der Waals surface area contributed by atoms with E-state index in [9.17, 15) is 35.7 Å². The lowest BCUT2D eigenvalue weighted by atomic mass is 10.3. The third kappa shape index (κ3) is 2.92. The number of nitrogens with zero attached hydrogens (tertiary/aromatic N) is 1. The van der Waals surface area contributed by atoms with E-state index in [1.807, 2.05) is 0 Å². The van der Waals surface area contributed by atoms with E-state index in [1.54, 1.807) is 0 Å². The predicted molar refractivity (Wildman–Crippen MR) is 24.4 cm³/mol. The first-order valence-corrected chi connectivity index (χ1v) is 2.46. The summed E-state index contributed by atoms with van der Waals surface area (Å²) in [7, 11) is 0. The minimum absolute atomic E-state index is 2.57. The molecule has 0 saturated carbocycles. The molecular weight excluding hydrogens is 211 g/mol. The number of hydrogen-bond acceptors (Lipinski definition) is 1. The second kappa shape index (κ2) is 3.62. The number of halogens is 7. The van der Waals surface area contributed by atoms with E-state index in [0.29, 0.717) is 0 Å². The van der Waals surface area contributed by atoms with Gasteiger partial charge in [-0.2, -0.15) is 22.0 Å². The summed E-state index contributed by atoms with van der Waals surface area (Å²) in [5.41, 5.74) is -3.17. The number of amides is 1. The van der Waals surface area contributed by atoms with Crippen molar-refractivity contribution < 1.29 is 35.7 Å². The monoisotopic (exact) mass is 211 g/mol. The second-order valence-electron chi connectivity index (χ2n) is 1.67. The van der Waals surface area contributed by atoms with E-state index in [1.165, 1.54) is 0 Å². The molecule has 0 aromatic heterocycles. The molecule has 0 aliphatic heterocycles. The first-order chi connectivity index (χ1) is 5.68. The molecule has 0 atom stereocenters. The van der Waals surface area contributed by atoms with Crippen LogP contribution in [0.4, 0.5) is 30.9 Å². The van der Waals surface area contributed by atoms with Crippen molar-refractivity contribution in [3.8, 4) is 0 Å². The van der Waals surface area contributed by atoms with Crippen molar-refractivity contribution in [1.29, 1.82) is 0 Å². The molecule has 0 aromatic carbocycles. The van der Waals surface area contributed by atoms with Crippen LogP contribution >= 0.6 is 0 Å². The third-order valence-electron chi connectivity index (χ3n) is 0.840. The van der Waals surface area contributed by atoms with Gasteiger partial charge in [0.15, 0.2) is 5.57 Å². The van der Waals surface area contributed by atoms with E-state index >= 15 is 0 Å². The molecule has 0 unspecified atom stereocenters. The molecule has 0 fully saturated rings. The van der Waals surface area contributed by atoms with Crippen molar-refractivity contribution in [3.05, 3.63) is 11.7 Å². The summed E-state index contributed by atoms with van der Waals surface area (Å²) in [6.07, 6.45) is -9.30. The zero-order chi connectivity index (χ0) is 10.8. The van der Waals surface area contributed by atoms with Gasteiger partial charge in [0.25, 0.3) is 6.08 Å². The minimum atomic E-state index is -5.80. The van der Waals surface area contributed by atoms with Crippen LogP contribution in [0.15, 0.2) is 11.7 Å². The van der Waals surface area contributed by atoms with Crippen molar-refractivity contribution >= 4 is 5.91 Å². The van der Waals surface area contributed by atoms with Crippen LogP contribution < -0.4 is 0 Å². The molecule has 0 radical (unpaired) electrons. The van der Waals surface area contributed by atoms with E-state index in [0.717, 1.165) is 0 Å². The van der Waals surface area contributed by atoms with Crippen LogP contribution in [0.5, 0.6) is 0 Å². The molecule has 9 heteroatoms. The highest BCUT2D eigenvalue weighted by molar-refractivity contribution is 5.93. The first kappa shape index (κ1) is 11.7. The number of rotatable bonds is 1. The summed E-state index contributed by atoms with van der Waals surface area (Å²) in [5.74, 6) is -3.09. The molecule has 2 nitrogen and oxygen atoms in total. The average molecular weight is 211 g/mol. The first-order valence-electron chi connectivity index (χ1n) is 2.46. The summed E-state index contributed by atoms with van der Waals surface area (Å²) in [4.78, 5) is 9.85. The van der Waals surface area contributed by atoms with Crippen LogP contribution in [0.2, 0.25) is 0 Å². The second-order valence-corrected chi connectivity index (χ2v) is 1.67. The molecule has 0 N–H and O–H groups in total. The lowest BCUT2D eigenvalue weighted by Gasteiger charge is -2.08. The van der Waals surface area contributed by atoms with Gasteiger partial charge in [0.05, 0.1) is 0 Å². The standard InChI is InChI=1S/C4F7NO/c5-2(6)1(4(7,8)9)3(13)12(10)11. The molecule has 0 aromatic rings. The van der Waals surface area contributed by atoms with E-state index in [4.69, 9.17) is 0 Å². The molecule has 0 spiro atoms. The maximum absolute atomic E-state index is 11.5. The van der Waals surface area contributed by atoms with E-state index in [2.05, 4.69) is 0 Å². The third-order valence-corrected chi connectivity index (χ3v) is 0.840. The van der Waals surface area contributed by atoms with Crippen LogP contribution in [0, 0.1) is 0 Å². The van der Waals surface area contributed by atoms with Crippen LogP contribution in [-0.4, -0.2) is 17.4 Å². The van der Waals surface area contributed by atoms with Crippen molar-refractivity contribution in [2.45, 2.75) is 6.18 Å². The average Bonchev–Trinajstić information content (AvgIpc) is 1.82. The smallest absolute Gasteiger partial charge is 0.263 e. The Morgan fingerprint density at radius 3 is 1.54 bits per heavy atom. The lowest BCUT2D eigenvalue weighted by Crippen LogP contribution is -2.27. The molecule has 0 aliphatic carbocycles. The largest absolute Gasteiger partial charge is 0.427 e. The Hall–Kier alpha value is -1.28. The van der Waals surface area contributed by atoms with Gasteiger partial charge in [0.2, 0.25) is 0 Å². The fourth-order valence-corrected chi connectivity index (χ4v) is 0.394. The number of carbonyl (C=O) groups is 1. The maximum Gasteiger partial charge on any atom is 0.427 e. The molecule has 1 amide bonds. The Kier molecular flexibility index (Phi) is 3.27. The molecule has 0 aliphatic rings. The fraction of sp³-hybridized carbons (Fsp3) is 0.250. The molecule has 0 saturated heterocycles. The van der Waals surface area contributed by atoms with Gasteiger partial charge in [-0.3, -0.25) is 4.79 Å². The van der Waals surface area contributed by atoms with Gasteiger partial charge >= 0.3 is 12.1 Å². The highest BCUT2D eigenvalue weighted by atomic mass is 19.4. The Morgan fingerprint density at radius 1 is 1.08 bits per heavy atom. The SMILES string of the molecule is O=C(C(=C(F)F)C(F)(F)F)N(F)F. The molecular formula is C4F7NO. The number of alkyl halides is 3. The Bertz CT molecular complexity index is 237. The van der Waals surface area contributed by atoms with E-state index in [-0.39, 0.29) is 0 Å². The number of carbonyl (C=O) groups excluding carboxylic acids is 1. The molecule has 76 valence electrons. The summed E-state index contributed by atoms with van der Waals surface area (Å²) in [6.45, 7) is 0. The Labute approximate surface area is 66.1 Å².